The second-order valence-corrected chi connectivity index (χ2v) is 7.84. The lowest BCUT2D eigenvalue weighted by molar-refractivity contribution is -0.127. The Balaban J connectivity index is 1.37. The minimum absolute atomic E-state index is 0.249. The minimum Gasteiger partial charge on any atom is -0.356 e. The molecule has 1 aliphatic rings. The largest absolute Gasteiger partial charge is 0.356 e. The first kappa shape index (κ1) is 21.2. The van der Waals surface area contributed by atoms with Gasteiger partial charge in [0, 0.05) is 50.6 Å². The van der Waals surface area contributed by atoms with Gasteiger partial charge in [0.25, 0.3) is 0 Å². The smallest absolute Gasteiger partial charge is 0.223 e. The maximum absolute atomic E-state index is 12.3. The van der Waals surface area contributed by atoms with Gasteiger partial charge in [-0.25, -0.2) is 0 Å². The molecule has 1 fully saturated rings. The third-order valence-electron chi connectivity index (χ3n) is 5.21. The van der Waals surface area contributed by atoms with E-state index in [1.54, 1.807) is 7.05 Å². The summed E-state index contributed by atoms with van der Waals surface area (Å²) in [6, 6.07) is 18.2. The van der Waals surface area contributed by atoms with E-state index in [1.807, 2.05) is 47.4 Å². The van der Waals surface area contributed by atoms with E-state index in [4.69, 9.17) is 11.6 Å². The Morgan fingerprint density at radius 1 is 1.07 bits per heavy atom. The molecule has 1 unspecified atom stereocenters. The molecule has 29 heavy (non-hydrogen) atoms. The maximum atomic E-state index is 12.3. The zero-order valence-electron chi connectivity index (χ0n) is 16.9. The lowest BCUT2D eigenvalue weighted by Gasteiger charge is -2.18. The summed E-state index contributed by atoms with van der Waals surface area (Å²) in [7, 11) is 1.77. The number of benzene rings is 2. The van der Waals surface area contributed by atoms with E-state index in [2.05, 4.69) is 27.8 Å². The monoisotopic (exact) mass is 412 g/mol. The summed E-state index contributed by atoms with van der Waals surface area (Å²) in [6.45, 7) is 3.12. The fraction of sp³-hybridized carbons (Fsp3) is 0.391. The van der Waals surface area contributed by atoms with Crippen LogP contribution in [-0.4, -0.2) is 50.0 Å². The van der Waals surface area contributed by atoms with E-state index in [0.717, 1.165) is 50.0 Å². The topological polar surface area (TPSA) is 56.7 Å². The van der Waals surface area contributed by atoms with Gasteiger partial charge >= 0.3 is 0 Å². The van der Waals surface area contributed by atoms with Crippen molar-refractivity contribution in [1.29, 1.82) is 0 Å². The molecule has 1 saturated heterocycles. The number of halogens is 1. The SMILES string of the molecule is CN=C(NCCc1ccc(Cl)cc1)NCC1CC(=O)N(CCc2ccccc2)C1. The molecule has 0 spiro atoms. The second-order valence-electron chi connectivity index (χ2n) is 7.40. The van der Waals surface area contributed by atoms with Crippen LogP contribution in [0.15, 0.2) is 59.6 Å². The molecular weight excluding hydrogens is 384 g/mol. The van der Waals surface area contributed by atoms with Crippen molar-refractivity contribution in [2.45, 2.75) is 19.3 Å². The number of nitrogens with zero attached hydrogens (tertiary/aromatic N) is 2. The van der Waals surface area contributed by atoms with Gasteiger partial charge in [0.05, 0.1) is 0 Å². The number of guanidine groups is 1. The minimum atomic E-state index is 0.249. The van der Waals surface area contributed by atoms with Crippen molar-refractivity contribution in [3.8, 4) is 0 Å². The Labute approximate surface area is 178 Å². The molecule has 1 heterocycles. The van der Waals surface area contributed by atoms with Crippen LogP contribution in [-0.2, 0) is 17.6 Å². The standard InChI is InChI=1S/C23H29ClN4O/c1-25-23(26-13-11-19-7-9-21(24)10-8-19)27-16-20-15-22(29)28(17-20)14-12-18-5-3-2-4-6-18/h2-10,20H,11-17H2,1H3,(H2,25,26,27). The summed E-state index contributed by atoms with van der Waals surface area (Å²) < 4.78 is 0. The van der Waals surface area contributed by atoms with E-state index < -0.39 is 0 Å². The van der Waals surface area contributed by atoms with Crippen LogP contribution >= 0.6 is 11.6 Å². The molecule has 0 bridgehead atoms. The van der Waals surface area contributed by atoms with E-state index in [0.29, 0.717) is 12.3 Å². The van der Waals surface area contributed by atoms with Crippen LogP contribution in [0.5, 0.6) is 0 Å². The molecule has 1 atom stereocenters. The van der Waals surface area contributed by atoms with Crippen LogP contribution in [0.4, 0.5) is 0 Å². The Kier molecular flexibility index (Phi) is 7.94. The number of hydrogen-bond donors (Lipinski definition) is 2. The summed E-state index contributed by atoms with van der Waals surface area (Å²) in [5.74, 6) is 1.33. The average Bonchev–Trinajstić information content (AvgIpc) is 3.10. The highest BCUT2D eigenvalue weighted by molar-refractivity contribution is 6.30. The number of carbonyl (C=O) groups is 1. The number of carbonyl (C=O) groups excluding carboxylic acids is 1. The number of amides is 1. The fourth-order valence-electron chi connectivity index (χ4n) is 3.55. The van der Waals surface area contributed by atoms with Crippen LogP contribution < -0.4 is 10.6 Å². The number of aliphatic imine (C=N–C) groups is 1. The molecule has 1 amide bonds. The Hall–Kier alpha value is -2.53. The lowest BCUT2D eigenvalue weighted by Crippen LogP contribution is -2.41. The van der Waals surface area contributed by atoms with Gasteiger partial charge in [-0.2, -0.15) is 0 Å². The quantitative estimate of drug-likeness (QED) is 0.517. The molecule has 3 rings (SSSR count). The molecule has 154 valence electrons. The van der Waals surface area contributed by atoms with Crippen LogP contribution in [0.25, 0.3) is 0 Å². The lowest BCUT2D eigenvalue weighted by atomic mass is 10.1. The van der Waals surface area contributed by atoms with E-state index in [-0.39, 0.29) is 5.91 Å². The first-order valence-corrected chi connectivity index (χ1v) is 10.5. The number of hydrogen-bond acceptors (Lipinski definition) is 2. The first-order chi connectivity index (χ1) is 14.1. The van der Waals surface area contributed by atoms with Crippen LogP contribution in [0, 0.1) is 5.92 Å². The molecule has 2 aromatic carbocycles. The van der Waals surface area contributed by atoms with Crippen LogP contribution in [0.2, 0.25) is 5.02 Å². The van der Waals surface area contributed by atoms with Crippen molar-refractivity contribution in [3.05, 3.63) is 70.7 Å². The molecule has 1 aliphatic heterocycles. The first-order valence-electron chi connectivity index (χ1n) is 10.1. The molecular formula is C23H29ClN4O. The van der Waals surface area contributed by atoms with Crippen molar-refractivity contribution in [1.82, 2.24) is 15.5 Å². The molecule has 0 aromatic heterocycles. The van der Waals surface area contributed by atoms with E-state index in [1.165, 1.54) is 11.1 Å². The van der Waals surface area contributed by atoms with Gasteiger partial charge < -0.3 is 15.5 Å². The summed E-state index contributed by atoms with van der Waals surface area (Å²) in [5.41, 5.74) is 2.50. The molecule has 2 aromatic rings. The highest BCUT2D eigenvalue weighted by Crippen LogP contribution is 2.17. The Morgan fingerprint density at radius 3 is 2.52 bits per heavy atom. The Bertz CT molecular complexity index is 807. The van der Waals surface area contributed by atoms with Crippen molar-refractivity contribution in [2.24, 2.45) is 10.9 Å². The third kappa shape index (κ3) is 6.79. The van der Waals surface area contributed by atoms with Gasteiger partial charge in [0.2, 0.25) is 5.91 Å². The fourth-order valence-corrected chi connectivity index (χ4v) is 3.68. The molecule has 2 N–H and O–H groups in total. The van der Waals surface area contributed by atoms with Gasteiger partial charge in [0.15, 0.2) is 5.96 Å². The molecule has 0 radical (unpaired) electrons. The summed E-state index contributed by atoms with van der Waals surface area (Å²) in [5, 5.41) is 7.45. The van der Waals surface area contributed by atoms with Gasteiger partial charge in [-0.15, -0.1) is 0 Å². The molecule has 5 nitrogen and oxygen atoms in total. The van der Waals surface area contributed by atoms with Gasteiger partial charge in [0.1, 0.15) is 0 Å². The zero-order chi connectivity index (χ0) is 20.5. The normalized spacial score (nSPS) is 16.9. The van der Waals surface area contributed by atoms with Crippen LogP contribution in [0.3, 0.4) is 0 Å². The predicted molar refractivity (Wildman–Crippen MR) is 119 cm³/mol. The van der Waals surface area contributed by atoms with E-state index >= 15 is 0 Å². The average molecular weight is 413 g/mol. The number of rotatable bonds is 8. The van der Waals surface area contributed by atoms with Gasteiger partial charge in [-0.3, -0.25) is 9.79 Å². The van der Waals surface area contributed by atoms with Crippen molar-refractivity contribution >= 4 is 23.5 Å². The third-order valence-corrected chi connectivity index (χ3v) is 5.46. The van der Waals surface area contributed by atoms with Crippen molar-refractivity contribution in [3.63, 3.8) is 0 Å². The van der Waals surface area contributed by atoms with E-state index in [9.17, 15) is 4.79 Å². The molecule has 0 saturated carbocycles. The second kappa shape index (κ2) is 10.9. The molecule has 0 aliphatic carbocycles. The number of nitrogens with one attached hydrogen (secondary N) is 2. The van der Waals surface area contributed by atoms with Crippen molar-refractivity contribution in [2.75, 3.05) is 33.2 Å². The predicted octanol–water partition coefficient (Wildman–Crippen LogP) is 3.14. The summed E-state index contributed by atoms with van der Waals surface area (Å²) in [4.78, 5) is 18.6. The summed E-state index contributed by atoms with van der Waals surface area (Å²) >= 11 is 5.92. The Morgan fingerprint density at radius 2 is 1.79 bits per heavy atom. The highest BCUT2D eigenvalue weighted by Gasteiger charge is 2.29. The maximum Gasteiger partial charge on any atom is 0.223 e. The highest BCUT2D eigenvalue weighted by atomic mass is 35.5. The zero-order valence-corrected chi connectivity index (χ0v) is 17.7. The van der Waals surface area contributed by atoms with Crippen LogP contribution in [0.1, 0.15) is 17.5 Å². The van der Waals surface area contributed by atoms with Gasteiger partial charge in [-0.05, 0) is 36.1 Å². The molecule has 6 heteroatoms. The van der Waals surface area contributed by atoms with Gasteiger partial charge in [-0.1, -0.05) is 54.1 Å². The van der Waals surface area contributed by atoms with Crippen molar-refractivity contribution < 1.29 is 4.79 Å². The number of likely N-dealkylation sites (tertiary alicyclic amines) is 1. The summed E-state index contributed by atoms with van der Waals surface area (Å²) in [6.07, 6.45) is 2.40.